The monoisotopic (exact) mass is 345 g/mol. The van der Waals surface area contributed by atoms with E-state index in [-0.39, 0.29) is 11.4 Å². The van der Waals surface area contributed by atoms with Crippen molar-refractivity contribution in [1.29, 1.82) is 0 Å². The van der Waals surface area contributed by atoms with Crippen LogP contribution in [0.3, 0.4) is 0 Å². The van der Waals surface area contributed by atoms with Crippen LogP contribution in [0.1, 0.15) is 12.5 Å². The third-order valence-electron chi connectivity index (χ3n) is 3.55. The highest BCUT2D eigenvalue weighted by Crippen LogP contribution is 2.33. The average Bonchev–Trinajstić information content (AvgIpc) is 2.55. The highest BCUT2D eigenvalue weighted by Gasteiger charge is 2.30. The van der Waals surface area contributed by atoms with Crippen LogP contribution in [0.15, 0.2) is 54.7 Å². The van der Waals surface area contributed by atoms with Crippen molar-refractivity contribution in [2.24, 2.45) is 0 Å². The van der Waals surface area contributed by atoms with Crippen molar-refractivity contribution < 1.29 is 18.0 Å². The van der Waals surface area contributed by atoms with Gasteiger partial charge >= 0.3 is 6.18 Å². The number of fused-ring (bicyclic) bond motifs is 1. The number of alkyl halides is 3. The molecule has 0 spiro atoms. The lowest BCUT2D eigenvalue weighted by Gasteiger charge is -2.12. The van der Waals surface area contributed by atoms with E-state index in [9.17, 15) is 18.0 Å². The van der Waals surface area contributed by atoms with Crippen LogP contribution in [0, 0.1) is 0 Å². The van der Waals surface area contributed by atoms with E-state index in [1.165, 1.54) is 19.2 Å². The maximum atomic E-state index is 12.8. The summed E-state index contributed by atoms with van der Waals surface area (Å²) in [5, 5.41) is 6.40. The van der Waals surface area contributed by atoms with E-state index in [0.29, 0.717) is 16.8 Å². The van der Waals surface area contributed by atoms with Crippen molar-refractivity contribution in [3.05, 3.63) is 60.3 Å². The fraction of sp³-hybridized carbons (Fsp3) is 0.111. The third-order valence-corrected chi connectivity index (χ3v) is 3.55. The van der Waals surface area contributed by atoms with Gasteiger partial charge in [-0.3, -0.25) is 9.78 Å². The number of pyridine rings is 1. The molecule has 0 aliphatic rings. The van der Waals surface area contributed by atoms with E-state index >= 15 is 0 Å². The van der Waals surface area contributed by atoms with Crippen LogP contribution in [0.25, 0.3) is 10.9 Å². The van der Waals surface area contributed by atoms with Crippen molar-refractivity contribution in [2.45, 2.75) is 13.1 Å². The first kappa shape index (κ1) is 16.8. The van der Waals surface area contributed by atoms with Gasteiger partial charge in [0.25, 0.3) is 0 Å². The van der Waals surface area contributed by atoms with Gasteiger partial charge in [-0.2, -0.15) is 13.2 Å². The number of nitrogens with one attached hydrogen (secondary N) is 2. The van der Waals surface area contributed by atoms with Crippen LogP contribution in [0.4, 0.5) is 30.2 Å². The van der Waals surface area contributed by atoms with E-state index in [1.54, 1.807) is 30.3 Å². The first-order valence-electron chi connectivity index (χ1n) is 7.43. The SMILES string of the molecule is CC(=O)Nc1ccc(Nc2ccnc3cc(C(F)(F)F)ccc23)cc1. The second kappa shape index (κ2) is 6.43. The number of amides is 1. The zero-order valence-electron chi connectivity index (χ0n) is 13.2. The van der Waals surface area contributed by atoms with Crippen molar-refractivity contribution in [2.75, 3.05) is 10.6 Å². The molecule has 1 aromatic heterocycles. The van der Waals surface area contributed by atoms with Crippen molar-refractivity contribution in [3.63, 3.8) is 0 Å². The molecular formula is C18H14F3N3O. The molecule has 0 bridgehead atoms. The lowest BCUT2D eigenvalue weighted by molar-refractivity contribution is -0.137. The van der Waals surface area contributed by atoms with Gasteiger partial charge in [0.2, 0.25) is 5.91 Å². The Hall–Kier alpha value is -3.09. The Bertz CT molecular complexity index is 921. The van der Waals surface area contributed by atoms with Crippen LogP contribution < -0.4 is 10.6 Å². The summed E-state index contributed by atoms with van der Waals surface area (Å²) in [4.78, 5) is 15.0. The zero-order valence-corrected chi connectivity index (χ0v) is 13.2. The maximum absolute atomic E-state index is 12.8. The minimum Gasteiger partial charge on any atom is -0.355 e. The number of aromatic nitrogens is 1. The molecule has 0 fully saturated rings. The molecule has 7 heteroatoms. The number of hydrogen-bond acceptors (Lipinski definition) is 3. The van der Waals surface area contributed by atoms with Crippen LogP contribution in [0.2, 0.25) is 0 Å². The fourth-order valence-electron chi connectivity index (χ4n) is 2.43. The summed E-state index contributed by atoms with van der Waals surface area (Å²) < 4.78 is 38.5. The molecule has 3 rings (SSSR count). The number of benzene rings is 2. The van der Waals surface area contributed by atoms with Crippen molar-refractivity contribution in [3.8, 4) is 0 Å². The van der Waals surface area contributed by atoms with Crippen LogP contribution in [-0.2, 0) is 11.0 Å². The lowest BCUT2D eigenvalue weighted by atomic mass is 10.1. The van der Waals surface area contributed by atoms with Gasteiger partial charge in [-0.1, -0.05) is 6.07 Å². The molecule has 3 aromatic rings. The molecule has 1 amide bonds. The smallest absolute Gasteiger partial charge is 0.355 e. The molecular weight excluding hydrogens is 331 g/mol. The van der Waals surface area contributed by atoms with E-state index in [0.717, 1.165) is 17.8 Å². The largest absolute Gasteiger partial charge is 0.416 e. The molecule has 128 valence electrons. The first-order chi connectivity index (χ1) is 11.8. The first-order valence-corrected chi connectivity index (χ1v) is 7.43. The van der Waals surface area contributed by atoms with Crippen LogP contribution >= 0.6 is 0 Å². The molecule has 0 atom stereocenters. The third kappa shape index (κ3) is 3.88. The molecule has 0 aliphatic carbocycles. The van der Waals surface area contributed by atoms with Gasteiger partial charge in [0.1, 0.15) is 0 Å². The molecule has 2 aromatic carbocycles. The normalized spacial score (nSPS) is 11.4. The summed E-state index contributed by atoms with van der Waals surface area (Å²) in [7, 11) is 0. The van der Waals surface area contributed by atoms with Crippen LogP contribution in [-0.4, -0.2) is 10.9 Å². The molecule has 2 N–H and O–H groups in total. The summed E-state index contributed by atoms with van der Waals surface area (Å²) >= 11 is 0. The number of carbonyl (C=O) groups is 1. The lowest BCUT2D eigenvalue weighted by Crippen LogP contribution is -2.05. The Balaban J connectivity index is 1.90. The summed E-state index contributed by atoms with van der Waals surface area (Å²) in [5.41, 5.74) is 1.57. The van der Waals surface area contributed by atoms with Gasteiger partial charge in [-0.05, 0) is 42.5 Å². The standard InChI is InChI=1S/C18H14F3N3O/c1-11(25)23-13-3-5-14(6-4-13)24-16-8-9-22-17-10-12(18(19,20)21)2-7-15(16)17/h2-10H,1H3,(H,22,24)(H,23,25). The van der Waals surface area contributed by atoms with Gasteiger partial charge in [-0.25, -0.2) is 0 Å². The Morgan fingerprint density at radius 1 is 1.00 bits per heavy atom. The number of hydrogen-bond donors (Lipinski definition) is 2. The average molecular weight is 345 g/mol. The highest BCUT2D eigenvalue weighted by atomic mass is 19.4. The summed E-state index contributed by atoms with van der Waals surface area (Å²) in [6, 6.07) is 12.2. The number of anilines is 3. The molecule has 0 radical (unpaired) electrons. The Labute approximate surface area is 141 Å². The van der Waals surface area contributed by atoms with E-state index < -0.39 is 11.7 Å². The second-order valence-electron chi connectivity index (χ2n) is 5.47. The van der Waals surface area contributed by atoms with E-state index in [4.69, 9.17) is 0 Å². The van der Waals surface area contributed by atoms with Crippen molar-refractivity contribution >= 4 is 33.9 Å². The predicted octanol–water partition coefficient (Wildman–Crippen LogP) is 4.96. The van der Waals surface area contributed by atoms with E-state index in [2.05, 4.69) is 15.6 Å². The zero-order chi connectivity index (χ0) is 18.0. The molecule has 0 saturated carbocycles. The minimum atomic E-state index is -4.40. The summed E-state index contributed by atoms with van der Waals surface area (Å²) in [6.45, 7) is 1.42. The van der Waals surface area contributed by atoms with Gasteiger partial charge < -0.3 is 10.6 Å². The maximum Gasteiger partial charge on any atom is 0.416 e. The highest BCUT2D eigenvalue weighted by molar-refractivity contribution is 5.93. The summed E-state index contributed by atoms with van der Waals surface area (Å²) in [5.74, 6) is -0.165. The predicted molar refractivity (Wildman–Crippen MR) is 90.8 cm³/mol. The summed E-state index contributed by atoms with van der Waals surface area (Å²) in [6.07, 6.45) is -2.95. The Morgan fingerprint density at radius 2 is 1.68 bits per heavy atom. The number of nitrogens with zero attached hydrogens (tertiary/aromatic N) is 1. The molecule has 0 unspecified atom stereocenters. The number of carbonyl (C=O) groups excluding carboxylic acids is 1. The minimum absolute atomic E-state index is 0.165. The van der Waals surface area contributed by atoms with Gasteiger partial charge in [-0.15, -0.1) is 0 Å². The Morgan fingerprint density at radius 3 is 2.32 bits per heavy atom. The number of halogens is 3. The van der Waals surface area contributed by atoms with E-state index in [1.807, 2.05) is 0 Å². The topological polar surface area (TPSA) is 54.0 Å². The van der Waals surface area contributed by atoms with Gasteiger partial charge in [0.05, 0.1) is 11.1 Å². The molecule has 25 heavy (non-hydrogen) atoms. The van der Waals surface area contributed by atoms with Crippen LogP contribution in [0.5, 0.6) is 0 Å². The van der Waals surface area contributed by atoms with Gasteiger partial charge in [0.15, 0.2) is 0 Å². The quantitative estimate of drug-likeness (QED) is 0.706. The molecule has 1 heterocycles. The molecule has 4 nitrogen and oxygen atoms in total. The van der Waals surface area contributed by atoms with Crippen molar-refractivity contribution in [1.82, 2.24) is 4.98 Å². The van der Waals surface area contributed by atoms with Gasteiger partial charge in [0, 0.05) is 35.6 Å². The molecule has 0 saturated heterocycles. The number of rotatable bonds is 3. The molecule has 0 aliphatic heterocycles. The second-order valence-corrected chi connectivity index (χ2v) is 5.47. The Kier molecular flexibility index (Phi) is 4.31. The fourth-order valence-corrected chi connectivity index (χ4v) is 2.43.